The number of carbonyl (C=O) groups excluding carboxylic acids is 1. The van der Waals surface area contributed by atoms with Crippen LogP contribution in [0.25, 0.3) is 11.8 Å². The van der Waals surface area contributed by atoms with Gasteiger partial charge in [0.25, 0.3) is 5.91 Å². The van der Waals surface area contributed by atoms with Crippen molar-refractivity contribution >= 4 is 35.5 Å². The fourth-order valence-corrected chi connectivity index (χ4v) is 3.52. The summed E-state index contributed by atoms with van der Waals surface area (Å²) in [4.78, 5) is 35.6. The molecule has 1 aliphatic rings. The number of carboxylic acid groups (broad SMARTS) is 2. The van der Waals surface area contributed by atoms with Gasteiger partial charge in [-0.2, -0.15) is 9.69 Å². The molecule has 1 aromatic heterocycles. The topological polar surface area (TPSA) is 164 Å². The summed E-state index contributed by atoms with van der Waals surface area (Å²) < 4.78 is 12.3. The SMILES string of the molecule is CCOC1=NN(c2ccc(C(=O)O)cc2)C(=O)C1=Cc1c(OCC)nn(-c2ccc(C(=O)O)cc2)c1O. The second kappa shape index (κ2) is 10.2. The largest absolute Gasteiger partial charge is 0.493 e. The van der Waals surface area contributed by atoms with Crippen LogP contribution in [0.3, 0.4) is 0 Å². The monoisotopic (exact) mass is 506 g/mol. The minimum Gasteiger partial charge on any atom is -0.493 e. The number of aromatic nitrogens is 2. The maximum atomic E-state index is 13.3. The van der Waals surface area contributed by atoms with E-state index in [1.54, 1.807) is 13.8 Å². The molecule has 0 spiro atoms. The second-order valence-corrected chi connectivity index (χ2v) is 7.60. The molecule has 0 radical (unpaired) electrons. The summed E-state index contributed by atoms with van der Waals surface area (Å²) in [6.45, 7) is 3.86. The standard InChI is InChI=1S/C25H22N4O8/c1-3-36-20-18(22(30)28(26-20)16-9-5-14(6-10-16)24(32)33)13-19-21(37-4-2)27-29(23(19)31)17-11-7-15(8-12-17)25(34)35/h5-13,30H,3-4H2,1-2H3,(H,32,33)(H,34,35). The fraction of sp³-hybridized carbons (Fsp3) is 0.160. The Balaban J connectivity index is 1.76. The van der Waals surface area contributed by atoms with Crippen molar-refractivity contribution < 1.29 is 39.2 Å². The lowest BCUT2D eigenvalue weighted by molar-refractivity contribution is -0.114. The number of hydrazone groups is 1. The Morgan fingerprint density at radius 3 is 1.95 bits per heavy atom. The van der Waals surface area contributed by atoms with E-state index in [0.29, 0.717) is 11.4 Å². The number of anilines is 1. The van der Waals surface area contributed by atoms with Crippen molar-refractivity contribution in [1.29, 1.82) is 0 Å². The fourth-order valence-electron chi connectivity index (χ4n) is 3.52. The van der Waals surface area contributed by atoms with Gasteiger partial charge in [-0.3, -0.25) is 4.79 Å². The Morgan fingerprint density at radius 1 is 0.892 bits per heavy atom. The minimum absolute atomic E-state index is 0.00443. The van der Waals surface area contributed by atoms with Gasteiger partial charge >= 0.3 is 11.9 Å². The highest BCUT2D eigenvalue weighted by Crippen LogP contribution is 2.34. The van der Waals surface area contributed by atoms with Gasteiger partial charge in [0.05, 0.1) is 35.7 Å². The highest BCUT2D eigenvalue weighted by Gasteiger charge is 2.34. The Morgan fingerprint density at radius 2 is 1.43 bits per heavy atom. The summed E-state index contributed by atoms with van der Waals surface area (Å²) in [6.07, 6.45) is 1.35. The summed E-state index contributed by atoms with van der Waals surface area (Å²) in [5.41, 5.74) is 0.900. The van der Waals surface area contributed by atoms with Gasteiger partial charge < -0.3 is 24.8 Å². The first kappa shape index (κ1) is 25.0. The van der Waals surface area contributed by atoms with Gasteiger partial charge in [-0.15, -0.1) is 10.2 Å². The first-order valence-corrected chi connectivity index (χ1v) is 11.1. The van der Waals surface area contributed by atoms with Crippen LogP contribution in [0.4, 0.5) is 5.69 Å². The van der Waals surface area contributed by atoms with Crippen molar-refractivity contribution in [3.05, 3.63) is 70.8 Å². The number of hydrogen-bond acceptors (Lipinski definition) is 8. The quantitative estimate of drug-likeness (QED) is 0.389. The molecule has 0 unspecified atom stereocenters. The van der Waals surface area contributed by atoms with Gasteiger partial charge in [0, 0.05) is 0 Å². The molecule has 12 nitrogen and oxygen atoms in total. The molecule has 1 amide bonds. The number of amides is 1. The van der Waals surface area contributed by atoms with E-state index < -0.39 is 17.8 Å². The number of benzene rings is 2. The van der Waals surface area contributed by atoms with Crippen molar-refractivity contribution in [2.45, 2.75) is 13.8 Å². The van der Waals surface area contributed by atoms with E-state index in [-0.39, 0.29) is 53.1 Å². The number of aromatic hydroxyl groups is 1. The minimum atomic E-state index is -1.10. The zero-order valence-corrected chi connectivity index (χ0v) is 19.8. The van der Waals surface area contributed by atoms with Crippen LogP contribution in [-0.4, -0.2) is 62.1 Å². The van der Waals surface area contributed by atoms with E-state index in [0.717, 1.165) is 9.69 Å². The normalized spacial score (nSPS) is 14.1. The molecule has 0 saturated heterocycles. The van der Waals surface area contributed by atoms with Crippen LogP contribution in [0.5, 0.6) is 11.8 Å². The zero-order chi connectivity index (χ0) is 26.7. The molecule has 0 saturated carbocycles. The van der Waals surface area contributed by atoms with Crippen molar-refractivity contribution in [3.63, 3.8) is 0 Å². The van der Waals surface area contributed by atoms with Crippen molar-refractivity contribution in [2.24, 2.45) is 5.10 Å². The summed E-state index contributed by atoms with van der Waals surface area (Å²) in [7, 11) is 0. The van der Waals surface area contributed by atoms with Gasteiger partial charge in [0.15, 0.2) is 0 Å². The van der Waals surface area contributed by atoms with Crippen LogP contribution in [0, 0.1) is 0 Å². The van der Waals surface area contributed by atoms with Gasteiger partial charge in [0.1, 0.15) is 11.1 Å². The second-order valence-electron chi connectivity index (χ2n) is 7.60. The number of nitrogens with zero attached hydrogens (tertiary/aromatic N) is 4. The lowest BCUT2D eigenvalue weighted by Gasteiger charge is -2.11. The zero-order valence-electron chi connectivity index (χ0n) is 19.8. The third-order valence-corrected chi connectivity index (χ3v) is 5.28. The average Bonchev–Trinajstić information content (AvgIpc) is 3.36. The van der Waals surface area contributed by atoms with Gasteiger partial charge in [-0.05, 0) is 68.5 Å². The van der Waals surface area contributed by atoms with Gasteiger partial charge in [0.2, 0.25) is 17.7 Å². The molecule has 3 N–H and O–H groups in total. The molecule has 37 heavy (non-hydrogen) atoms. The molecule has 0 aliphatic carbocycles. The summed E-state index contributed by atoms with van der Waals surface area (Å²) in [6, 6.07) is 11.3. The van der Waals surface area contributed by atoms with E-state index in [4.69, 9.17) is 19.7 Å². The molecular weight excluding hydrogens is 484 g/mol. The van der Waals surface area contributed by atoms with Crippen molar-refractivity contribution in [2.75, 3.05) is 18.2 Å². The summed E-state index contributed by atoms with van der Waals surface area (Å²) in [5.74, 6) is -3.11. The Hall–Kier alpha value is -5.13. The number of ether oxygens (including phenoxy) is 2. The summed E-state index contributed by atoms with van der Waals surface area (Å²) >= 11 is 0. The van der Waals surface area contributed by atoms with Crippen molar-refractivity contribution in [3.8, 4) is 17.4 Å². The molecule has 0 fully saturated rings. The number of rotatable bonds is 8. The molecule has 2 heterocycles. The molecule has 1 aliphatic heterocycles. The van der Waals surface area contributed by atoms with Gasteiger partial charge in [-0.25, -0.2) is 9.59 Å². The highest BCUT2D eigenvalue weighted by atomic mass is 16.5. The molecule has 0 atom stereocenters. The van der Waals surface area contributed by atoms with Crippen molar-refractivity contribution in [1.82, 2.24) is 9.78 Å². The molecule has 12 heteroatoms. The van der Waals surface area contributed by atoms with Gasteiger partial charge in [-0.1, -0.05) is 0 Å². The molecular formula is C25H22N4O8. The number of hydrogen-bond donors (Lipinski definition) is 3. The highest BCUT2D eigenvalue weighted by molar-refractivity contribution is 6.30. The number of carboxylic acids is 2. The third kappa shape index (κ3) is 4.85. The van der Waals surface area contributed by atoms with Crippen LogP contribution in [-0.2, 0) is 9.53 Å². The number of aromatic carboxylic acids is 2. The maximum Gasteiger partial charge on any atom is 0.335 e. The van der Waals surface area contributed by atoms with E-state index in [9.17, 15) is 19.5 Å². The molecule has 190 valence electrons. The predicted octanol–water partition coefficient (Wildman–Crippen LogP) is 3.15. The number of carbonyl (C=O) groups is 3. The maximum absolute atomic E-state index is 13.3. The molecule has 2 aromatic carbocycles. The van der Waals surface area contributed by atoms with E-state index >= 15 is 0 Å². The third-order valence-electron chi connectivity index (χ3n) is 5.28. The molecule has 3 aromatic rings. The van der Waals surface area contributed by atoms with E-state index in [1.165, 1.54) is 54.6 Å². The lowest BCUT2D eigenvalue weighted by atomic mass is 10.1. The summed E-state index contributed by atoms with van der Waals surface area (Å²) in [5, 5.41) is 38.8. The van der Waals surface area contributed by atoms with Crippen LogP contribution in [0.2, 0.25) is 0 Å². The van der Waals surface area contributed by atoms with Crippen LogP contribution < -0.4 is 9.75 Å². The predicted molar refractivity (Wildman–Crippen MR) is 131 cm³/mol. The van der Waals surface area contributed by atoms with Crippen LogP contribution in [0.15, 0.2) is 59.2 Å². The van der Waals surface area contributed by atoms with Crippen LogP contribution >= 0.6 is 0 Å². The van der Waals surface area contributed by atoms with Crippen LogP contribution in [0.1, 0.15) is 40.1 Å². The first-order valence-electron chi connectivity index (χ1n) is 11.1. The molecule has 4 rings (SSSR count). The Labute approximate surface area is 210 Å². The first-order chi connectivity index (χ1) is 17.7. The lowest BCUT2D eigenvalue weighted by Crippen LogP contribution is -2.21. The van der Waals surface area contributed by atoms with E-state index in [1.807, 2.05) is 0 Å². The molecule has 0 bridgehead atoms. The average molecular weight is 506 g/mol. The Bertz CT molecular complexity index is 1420. The smallest absolute Gasteiger partial charge is 0.335 e. The Kier molecular flexibility index (Phi) is 6.91. The van der Waals surface area contributed by atoms with E-state index in [2.05, 4.69) is 10.2 Å².